The fourth-order valence-electron chi connectivity index (χ4n) is 1.97. The Labute approximate surface area is 103 Å². The van der Waals surface area contributed by atoms with Crippen LogP contribution in [0.1, 0.15) is 40.5 Å². The molecule has 1 rings (SSSR count). The maximum Gasteiger partial charge on any atom is 0.321 e. The summed E-state index contributed by atoms with van der Waals surface area (Å²) in [5.41, 5.74) is 0. The van der Waals surface area contributed by atoms with Crippen LogP contribution in [0.5, 0.6) is 0 Å². The Kier molecular flexibility index (Phi) is 7.54. The van der Waals surface area contributed by atoms with E-state index >= 15 is 0 Å². The van der Waals surface area contributed by atoms with E-state index in [-0.39, 0.29) is 12.1 Å². The number of hydrogen-bond acceptors (Lipinski definition) is 4. The first-order valence-corrected chi connectivity index (χ1v) is 6.18. The molecule has 0 aliphatic carbocycles. The minimum Gasteiger partial charge on any atom is -0.480 e. The molecule has 1 aliphatic heterocycles. The quantitative estimate of drug-likeness (QED) is 0.760. The van der Waals surface area contributed by atoms with Crippen LogP contribution in [0.3, 0.4) is 0 Å². The summed E-state index contributed by atoms with van der Waals surface area (Å²) in [6.45, 7) is 8.61. The maximum atomic E-state index is 10.9. The number of likely N-dealkylation sites (tertiary alicyclic amines) is 1. The highest BCUT2D eigenvalue weighted by molar-refractivity contribution is 5.74. The first kappa shape index (κ1) is 15.9. The van der Waals surface area contributed by atoms with E-state index < -0.39 is 12.0 Å². The number of aliphatic carboxylic acids is 1. The largest absolute Gasteiger partial charge is 0.480 e. The summed E-state index contributed by atoms with van der Waals surface area (Å²) >= 11 is 0. The van der Waals surface area contributed by atoms with Crippen molar-refractivity contribution in [3.05, 3.63) is 0 Å². The van der Waals surface area contributed by atoms with Gasteiger partial charge >= 0.3 is 11.9 Å². The molecule has 0 amide bonds. The Morgan fingerprint density at radius 1 is 1.41 bits per heavy atom. The van der Waals surface area contributed by atoms with Gasteiger partial charge in [0.25, 0.3) is 0 Å². The topological polar surface area (TPSA) is 66.8 Å². The van der Waals surface area contributed by atoms with Crippen LogP contribution in [0.4, 0.5) is 0 Å². The van der Waals surface area contributed by atoms with Gasteiger partial charge in [0.2, 0.25) is 0 Å². The predicted molar refractivity (Wildman–Crippen MR) is 64.8 cm³/mol. The summed E-state index contributed by atoms with van der Waals surface area (Å²) in [4.78, 5) is 23.5. The molecule has 0 saturated carbocycles. The molecule has 0 aromatic carbocycles. The number of rotatable bonds is 4. The van der Waals surface area contributed by atoms with Crippen LogP contribution in [-0.2, 0) is 14.3 Å². The second kappa shape index (κ2) is 8.06. The van der Waals surface area contributed by atoms with Gasteiger partial charge in [0.05, 0.1) is 0 Å². The fourth-order valence-corrected chi connectivity index (χ4v) is 1.97. The number of carboxylic acids is 1. The third-order valence-electron chi connectivity index (χ3n) is 2.49. The molecule has 1 heterocycles. The lowest BCUT2D eigenvalue weighted by atomic mass is 10.2. The van der Waals surface area contributed by atoms with Gasteiger partial charge in [-0.3, -0.25) is 14.5 Å². The Morgan fingerprint density at radius 2 is 2.00 bits per heavy atom. The predicted octanol–water partition coefficient (Wildman–Crippen LogP) is 1.51. The molecule has 5 nitrogen and oxygen atoms in total. The van der Waals surface area contributed by atoms with Crippen molar-refractivity contribution >= 4 is 11.9 Å². The lowest BCUT2D eigenvalue weighted by Crippen LogP contribution is -2.36. The van der Waals surface area contributed by atoms with Gasteiger partial charge < -0.3 is 9.84 Å². The minimum absolute atomic E-state index is 0.268. The molecule has 17 heavy (non-hydrogen) atoms. The van der Waals surface area contributed by atoms with Gasteiger partial charge in [-0.15, -0.1) is 0 Å². The lowest BCUT2D eigenvalue weighted by Gasteiger charge is -2.19. The van der Waals surface area contributed by atoms with E-state index in [1.54, 1.807) is 0 Å². The van der Waals surface area contributed by atoms with Gasteiger partial charge in [-0.25, -0.2) is 0 Å². The van der Waals surface area contributed by atoms with Crippen molar-refractivity contribution in [3.8, 4) is 0 Å². The summed E-state index contributed by atoms with van der Waals surface area (Å²) in [5.74, 6) is -1.18. The summed E-state index contributed by atoms with van der Waals surface area (Å²) in [7, 11) is 0. The van der Waals surface area contributed by atoms with E-state index in [0.717, 1.165) is 13.0 Å². The number of carboxylic acid groups (broad SMARTS) is 1. The highest BCUT2D eigenvalue weighted by atomic mass is 16.5. The molecule has 2 atom stereocenters. The highest BCUT2D eigenvalue weighted by Gasteiger charge is 2.37. The van der Waals surface area contributed by atoms with E-state index in [9.17, 15) is 9.59 Å². The Morgan fingerprint density at radius 3 is 2.41 bits per heavy atom. The zero-order chi connectivity index (χ0) is 13.4. The monoisotopic (exact) mass is 245 g/mol. The first-order chi connectivity index (χ1) is 8.04. The first-order valence-electron chi connectivity index (χ1n) is 6.18. The van der Waals surface area contributed by atoms with Crippen molar-refractivity contribution in [2.45, 2.75) is 52.7 Å². The van der Waals surface area contributed by atoms with E-state index in [1.165, 1.54) is 6.92 Å². The van der Waals surface area contributed by atoms with Crippen LogP contribution >= 0.6 is 0 Å². The van der Waals surface area contributed by atoms with E-state index in [0.29, 0.717) is 13.0 Å². The zero-order valence-electron chi connectivity index (χ0n) is 11.1. The van der Waals surface area contributed by atoms with Crippen molar-refractivity contribution in [1.29, 1.82) is 0 Å². The van der Waals surface area contributed by atoms with Crippen LogP contribution in [0.2, 0.25) is 0 Å². The minimum atomic E-state index is -0.835. The molecular formula is C12H23NO4. The molecular weight excluding hydrogens is 222 g/mol. The van der Waals surface area contributed by atoms with Gasteiger partial charge in [0.1, 0.15) is 12.1 Å². The standard InChI is InChI=1S/C10H17NO4.C2H6/c1-3-4-11-6-8(15-7(2)12)5-9(11)10(13)14;1-2/h8-9H,3-6H2,1-2H3,(H,13,14);1-2H3. The van der Waals surface area contributed by atoms with Crippen molar-refractivity contribution in [2.75, 3.05) is 13.1 Å². The van der Waals surface area contributed by atoms with Gasteiger partial charge in [-0.2, -0.15) is 0 Å². The second-order valence-corrected chi connectivity index (χ2v) is 3.82. The number of hydrogen-bond donors (Lipinski definition) is 1. The van der Waals surface area contributed by atoms with Crippen LogP contribution < -0.4 is 0 Å². The van der Waals surface area contributed by atoms with Gasteiger partial charge in [0, 0.05) is 19.9 Å². The molecule has 1 aliphatic rings. The molecule has 100 valence electrons. The smallest absolute Gasteiger partial charge is 0.321 e. The number of ether oxygens (including phenoxy) is 1. The summed E-state index contributed by atoms with van der Waals surface area (Å²) in [5, 5.41) is 8.98. The van der Waals surface area contributed by atoms with Crippen molar-refractivity contribution in [3.63, 3.8) is 0 Å². The average Bonchev–Trinajstić information content (AvgIpc) is 2.64. The van der Waals surface area contributed by atoms with Gasteiger partial charge in [-0.05, 0) is 13.0 Å². The van der Waals surface area contributed by atoms with Crippen molar-refractivity contribution in [1.82, 2.24) is 4.90 Å². The fraction of sp³-hybridized carbons (Fsp3) is 0.833. The van der Waals surface area contributed by atoms with Crippen LogP contribution in [0.25, 0.3) is 0 Å². The van der Waals surface area contributed by atoms with Crippen molar-refractivity contribution < 1.29 is 19.4 Å². The second-order valence-electron chi connectivity index (χ2n) is 3.82. The Balaban J connectivity index is 0.00000121. The molecule has 2 unspecified atom stereocenters. The Hall–Kier alpha value is -1.10. The molecule has 0 aromatic rings. The normalized spacial score (nSPS) is 23.8. The summed E-state index contributed by atoms with van der Waals surface area (Å²) in [6.07, 6.45) is 1.03. The number of carbonyl (C=O) groups is 2. The number of esters is 1. The molecule has 1 N–H and O–H groups in total. The maximum absolute atomic E-state index is 10.9. The van der Waals surface area contributed by atoms with Gasteiger partial charge in [0.15, 0.2) is 0 Å². The lowest BCUT2D eigenvalue weighted by molar-refractivity contribution is -0.146. The van der Waals surface area contributed by atoms with Crippen LogP contribution in [0.15, 0.2) is 0 Å². The SMILES string of the molecule is CC.CCCN1CC(OC(C)=O)CC1C(=O)O. The molecule has 0 spiro atoms. The van der Waals surface area contributed by atoms with Gasteiger partial charge in [-0.1, -0.05) is 20.8 Å². The molecule has 1 saturated heterocycles. The number of carbonyl (C=O) groups excluding carboxylic acids is 1. The van der Waals surface area contributed by atoms with Crippen molar-refractivity contribution in [2.24, 2.45) is 0 Å². The molecule has 0 bridgehead atoms. The summed E-state index contributed by atoms with van der Waals surface area (Å²) in [6, 6.07) is -0.505. The summed E-state index contributed by atoms with van der Waals surface area (Å²) < 4.78 is 5.02. The van der Waals surface area contributed by atoms with E-state index in [2.05, 4.69) is 0 Å². The van der Waals surface area contributed by atoms with E-state index in [1.807, 2.05) is 25.7 Å². The number of nitrogens with zero attached hydrogens (tertiary/aromatic N) is 1. The molecule has 1 fully saturated rings. The van der Waals surface area contributed by atoms with Crippen LogP contribution in [-0.4, -0.2) is 47.2 Å². The van der Waals surface area contributed by atoms with Crippen LogP contribution in [0, 0.1) is 0 Å². The molecule has 0 radical (unpaired) electrons. The average molecular weight is 245 g/mol. The molecule has 5 heteroatoms. The highest BCUT2D eigenvalue weighted by Crippen LogP contribution is 2.20. The third-order valence-corrected chi connectivity index (χ3v) is 2.49. The zero-order valence-corrected chi connectivity index (χ0v) is 11.1. The third kappa shape index (κ3) is 5.17. The van der Waals surface area contributed by atoms with E-state index in [4.69, 9.17) is 9.84 Å². The Bertz CT molecular complexity index is 255. The molecule has 0 aromatic heterocycles.